The Morgan fingerprint density at radius 1 is 1.47 bits per heavy atom. The Labute approximate surface area is 115 Å². The third-order valence-corrected chi connectivity index (χ3v) is 2.61. The van der Waals surface area contributed by atoms with Crippen molar-refractivity contribution in [2.75, 3.05) is 0 Å². The van der Waals surface area contributed by atoms with Gasteiger partial charge in [-0.3, -0.25) is 4.79 Å². The first-order valence-electron chi connectivity index (χ1n) is 6.87. The van der Waals surface area contributed by atoms with E-state index in [9.17, 15) is 4.79 Å². The molecule has 0 saturated carbocycles. The Hall–Kier alpha value is -1.73. The van der Waals surface area contributed by atoms with Gasteiger partial charge in [-0.25, -0.2) is 0 Å². The highest BCUT2D eigenvalue weighted by atomic mass is 16.5. The van der Waals surface area contributed by atoms with E-state index in [2.05, 4.69) is 12.7 Å². The Bertz CT molecular complexity index is 423. The average Bonchev–Trinajstić information content (AvgIpc) is 2.86. The molecule has 19 heavy (non-hydrogen) atoms. The number of hydrogen-bond acceptors (Lipinski definition) is 3. The number of esters is 1. The lowest BCUT2D eigenvalue weighted by molar-refractivity contribution is -0.137. The van der Waals surface area contributed by atoms with Crippen LogP contribution < -0.4 is 0 Å². The number of ether oxygens (including phenoxy) is 1. The van der Waals surface area contributed by atoms with Crippen LogP contribution in [0.15, 0.2) is 40.4 Å². The van der Waals surface area contributed by atoms with E-state index in [0.717, 1.165) is 44.3 Å². The number of allylic oxidation sites excluding steroid dienone is 1. The Kier molecular flexibility index (Phi) is 7.45. The summed E-state index contributed by atoms with van der Waals surface area (Å²) in [5.74, 6) is 1.40. The van der Waals surface area contributed by atoms with Crippen molar-refractivity contribution in [3.05, 3.63) is 41.7 Å². The van der Waals surface area contributed by atoms with E-state index < -0.39 is 0 Å². The fourth-order valence-corrected chi connectivity index (χ4v) is 1.74. The van der Waals surface area contributed by atoms with Crippen molar-refractivity contribution in [2.24, 2.45) is 0 Å². The number of carbonyl (C=O) groups excluding carboxylic acids is 1. The topological polar surface area (TPSA) is 39.4 Å². The van der Waals surface area contributed by atoms with Crippen molar-refractivity contribution < 1.29 is 13.9 Å². The van der Waals surface area contributed by atoms with Crippen LogP contribution in [0.25, 0.3) is 0 Å². The predicted octanol–water partition coefficient (Wildman–Crippen LogP) is 4.39. The first-order valence-corrected chi connectivity index (χ1v) is 6.87. The highest BCUT2D eigenvalue weighted by Gasteiger charge is 1.99. The zero-order valence-corrected chi connectivity index (χ0v) is 11.8. The van der Waals surface area contributed by atoms with Crippen molar-refractivity contribution in [2.45, 2.75) is 52.4 Å². The summed E-state index contributed by atoms with van der Waals surface area (Å²) in [6.45, 7) is 3.47. The van der Waals surface area contributed by atoms with Gasteiger partial charge >= 0.3 is 5.97 Å². The minimum Gasteiger partial charge on any atom is -0.469 e. The highest BCUT2D eigenvalue weighted by Crippen LogP contribution is 2.08. The summed E-state index contributed by atoms with van der Waals surface area (Å²) >= 11 is 0. The van der Waals surface area contributed by atoms with Gasteiger partial charge in [-0.05, 0) is 43.9 Å². The molecule has 1 aromatic heterocycles. The minimum atomic E-state index is -0.276. The molecule has 0 aliphatic carbocycles. The van der Waals surface area contributed by atoms with E-state index in [4.69, 9.17) is 9.15 Å². The molecular formula is C16H22O3. The van der Waals surface area contributed by atoms with E-state index in [1.165, 1.54) is 6.92 Å². The van der Waals surface area contributed by atoms with E-state index in [1.54, 1.807) is 6.26 Å². The molecule has 3 nitrogen and oxygen atoms in total. The van der Waals surface area contributed by atoms with Gasteiger partial charge in [0.1, 0.15) is 11.5 Å². The minimum absolute atomic E-state index is 0.276. The molecule has 0 saturated heterocycles. The summed E-state index contributed by atoms with van der Waals surface area (Å²) < 4.78 is 10.3. The van der Waals surface area contributed by atoms with E-state index in [-0.39, 0.29) is 5.97 Å². The molecule has 1 aromatic rings. The first kappa shape index (κ1) is 15.3. The smallest absolute Gasteiger partial charge is 0.308 e. The van der Waals surface area contributed by atoms with Gasteiger partial charge in [-0.1, -0.05) is 12.7 Å². The largest absolute Gasteiger partial charge is 0.469 e. The molecule has 0 fully saturated rings. The molecule has 3 heteroatoms. The van der Waals surface area contributed by atoms with Crippen LogP contribution in [0.5, 0.6) is 0 Å². The molecule has 0 amide bonds. The summed E-state index contributed by atoms with van der Waals surface area (Å²) in [5.41, 5.74) is 3.07. The third-order valence-electron chi connectivity index (χ3n) is 2.61. The van der Waals surface area contributed by atoms with Crippen molar-refractivity contribution in [3.63, 3.8) is 0 Å². The van der Waals surface area contributed by atoms with Gasteiger partial charge in [0, 0.05) is 19.8 Å². The Morgan fingerprint density at radius 2 is 2.32 bits per heavy atom. The number of unbranched alkanes of at least 4 members (excludes halogenated alkanes) is 2. The maximum absolute atomic E-state index is 10.9. The summed E-state index contributed by atoms with van der Waals surface area (Å²) in [4.78, 5) is 10.9. The quantitative estimate of drug-likeness (QED) is 0.302. The molecule has 0 atom stereocenters. The molecule has 0 N–H and O–H groups in total. The second-order valence-corrected chi connectivity index (χ2v) is 4.44. The van der Waals surface area contributed by atoms with Gasteiger partial charge in [0.15, 0.2) is 0 Å². The lowest BCUT2D eigenvalue weighted by Gasteiger charge is -2.01. The average molecular weight is 262 g/mol. The normalized spacial score (nSPS) is 9.79. The maximum atomic E-state index is 10.9. The van der Waals surface area contributed by atoms with Crippen LogP contribution >= 0.6 is 0 Å². The second kappa shape index (κ2) is 9.23. The number of rotatable bonds is 8. The Balaban J connectivity index is 2.27. The summed E-state index contributed by atoms with van der Waals surface area (Å²) in [6.07, 6.45) is 9.43. The van der Waals surface area contributed by atoms with Crippen molar-refractivity contribution in [1.29, 1.82) is 0 Å². The Morgan fingerprint density at radius 3 is 2.95 bits per heavy atom. The van der Waals surface area contributed by atoms with Gasteiger partial charge in [-0.15, -0.1) is 0 Å². The van der Waals surface area contributed by atoms with Crippen LogP contribution in [-0.4, -0.2) is 5.97 Å². The zero-order chi connectivity index (χ0) is 13.9. The predicted molar refractivity (Wildman–Crippen MR) is 74.5 cm³/mol. The van der Waals surface area contributed by atoms with E-state index >= 15 is 0 Å². The zero-order valence-electron chi connectivity index (χ0n) is 11.8. The summed E-state index contributed by atoms with van der Waals surface area (Å²) in [7, 11) is 0. The lowest BCUT2D eigenvalue weighted by atomic mass is 10.1. The van der Waals surface area contributed by atoms with Crippen molar-refractivity contribution in [1.82, 2.24) is 0 Å². The summed E-state index contributed by atoms with van der Waals surface area (Å²) in [6, 6.07) is 3.91. The second-order valence-electron chi connectivity index (χ2n) is 4.44. The molecule has 104 valence electrons. The van der Waals surface area contributed by atoms with E-state index in [1.807, 2.05) is 18.2 Å². The molecule has 0 aliphatic heterocycles. The summed E-state index contributed by atoms with van der Waals surface area (Å²) in [5, 5.41) is 0. The van der Waals surface area contributed by atoms with Crippen LogP contribution in [0.3, 0.4) is 0 Å². The monoisotopic (exact) mass is 262 g/mol. The molecule has 0 aromatic carbocycles. The highest BCUT2D eigenvalue weighted by molar-refractivity contribution is 5.67. The number of carbonyl (C=O) groups is 1. The van der Waals surface area contributed by atoms with Crippen LogP contribution in [-0.2, 0) is 16.0 Å². The molecule has 1 rings (SSSR count). The van der Waals surface area contributed by atoms with Gasteiger partial charge < -0.3 is 9.15 Å². The molecule has 1 heterocycles. The maximum Gasteiger partial charge on any atom is 0.308 e. The molecular weight excluding hydrogens is 240 g/mol. The molecule has 0 radical (unpaired) electrons. The van der Waals surface area contributed by atoms with Gasteiger partial charge in [0.2, 0.25) is 0 Å². The van der Waals surface area contributed by atoms with Crippen LogP contribution in [0.1, 0.15) is 51.7 Å². The molecule has 0 aliphatic rings. The third kappa shape index (κ3) is 7.32. The SMILES string of the molecule is CCCC(=C=CCCCCc1ccco1)OC(C)=O. The standard InChI is InChI=1S/C16H22O3/c1-3-9-16(19-14(2)17)11-7-5-4-6-10-15-12-8-13-18-15/h7-8,12-13H,3-6,9-10H2,1-2H3. The van der Waals surface area contributed by atoms with Crippen molar-refractivity contribution in [3.8, 4) is 0 Å². The molecule has 0 bridgehead atoms. The molecule has 0 spiro atoms. The molecule has 0 unspecified atom stereocenters. The number of aryl methyl sites for hydroxylation is 1. The fourth-order valence-electron chi connectivity index (χ4n) is 1.74. The lowest BCUT2D eigenvalue weighted by Crippen LogP contribution is -1.97. The van der Waals surface area contributed by atoms with Crippen LogP contribution in [0.4, 0.5) is 0 Å². The van der Waals surface area contributed by atoms with E-state index in [0.29, 0.717) is 5.76 Å². The van der Waals surface area contributed by atoms with Gasteiger partial charge in [0.05, 0.1) is 6.26 Å². The van der Waals surface area contributed by atoms with Crippen LogP contribution in [0, 0.1) is 0 Å². The fraction of sp³-hybridized carbons (Fsp3) is 0.500. The van der Waals surface area contributed by atoms with Gasteiger partial charge in [-0.2, -0.15) is 0 Å². The van der Waals surface area contributed by atoms with Crippen LogP contribution in [0.2, 0.25) is 0 Å². The number of hydrogen-bond donors (Lipinski definition) is 0. The first-order chi connectivity index (χ1) is 9.22. The number of furan rings is 1. The van der Waals surface area contributed by atoms with Crippen molar-refractivity contribution >= 4 is 5.97 Å². The van der Waals surface area contributed by atoms with Gasteiger partial charge in [0.25, 0.3) is 0 Å².